The summed E-state index contributed by atoms with van der Waals surface area (Å²) < 4.78 is 41.3. The molecule has 0 amide bonds. The standard InChI is InChI=1S/C19H21F3N4O3/c20-19(21,22)14-4-2-1-3-13(14)15-9-26(24-23-15)16-5-11-7-25(10-18(28)29)8-12(11)6-17(16)27/h1-4,9,11-12,16-17,27H,5-8,10H2,(H,28,29)/t11-,12+,16-,17-/m1/s1. The Morgan fingerprint density at radius 2 is 1.86 bits per heavy atom. The number of aliphatic hydroxyl groups is 1. The van der Waals surface area contributed by atoms with Gasteiger partial charge in [0.15, 0.2) is 0 Å². The SMILES string of the molecule is O=C(O)CN1C[C@H]2C[C@@H](n3cc(-c4ccccc4C(F)(F)F)nn3)[C@H](O)C[C@H]2C1. The molecule has 29 heavy (non-hydrogen) atoms. The van der Waals surface area contributed by atoms with Crippen molar-refractivity contribution >= 4 is 5.97 Å². The Kier molecular flexibility index (Phi) is 5.07. The number of fused-ring (bicyclic) bond motifs is 1. The van der Waals surface area contributed by atoms with Crippen LogP contribution in [0.4, 0.5) is 13.2 Å². The molecule has 1 saturated carbocycles. The molecule has 2 aliphatic rings. The quantitative estimate of drug-likeness (QED) is 0.804. The van der Waals surface area contributed by atoms with Gasteiger partial charge < -0.3 is 10.2 Å². The number of aliphatic hydroxyl groups excluding tert-OH is 1. The highest BCUT2D eigenvalue weighted by molar-refractivity contribution is 5.69. The molecule has 2 aromatic rings. The zero-order valence-corrected chi connectivity index (χ0v) is 15.5. The number of likely N-dealkylation sites (tertiary alicyclic amines) is 1. The first-order valence-corrected chi connectivity index (χ1v) is 9.43. The van der Waals surface area contributed by atoms with Crippen molar-refractivity contribution in [2.45, 2.75) is 31.2 Å². The third-order valence-corrected chi connectivity index (χ3v) is 5.90. The van der Waals surface area contributed by atoms with E-state index in [1.807, 2.05) is 4.90 Å². The summed E-state index contributed by atoms with van der Waals surface area (Å²) in [5.41, 5.74) is -0.731. The van der Waals surface area contributed by atoms with Gasteiger partial charge in [-0.25, -0.2) is 4.68 Å². The average Bonchev–Trinajstić information content (AvgIpc) is 3.26. The van der Waals surface area contributed by atoms with Gasteiger partial charge in [0.25, 0.3) is 0 Å². The molecular formula is C19H21F3N4O3. The summed E-state index contributed by atoms with van der Waals surface area (Å²) in [5.74, 6) is -0.475. The number of carboxylic acids is 1. The molecular weight excluding hydrogens is 389 g/mol. The maximum atomic E-state index is 13.3. The van der Waals surface area contributed by atoms with Crippen molar-refractivity contribution in [3.63, 3.8) is 0 Å². The van der Waals surface area contributed by atoms with E-state index >= 15 is 0 Å². The van der Waals surface area contributed by atoms with Crippen LogP contribution in [0.15, 0.2) is 30.5 Å². The molecule has 1 aliphatic heterocycles. The minimum Gasteiger partial charge on any atom is -0.480 e. The van der Waals surface area contributed by atoms with Crippen LogP contribution in [0.3, 0.4) is 0 Å². The summed E-state index contributed by atoms with van der Waals surface area (Å²) in [6, 6.07) is 4.79. The smallest absolute Gasteiger partial charge is 0.417 e. The molecule has 2 N–H and O–H groups in total. The molecule has 156 valence electrons. The minimum atomic E-state index is -4.50. The number of hydrogen-bond donors (Lipinski definition) is 2. The highest BCUT2D eigenvalue weighted by Gasteiger charge is 2.43. The third-order valence-electron chi connectivity index (χ3n) is 5.90. The third kappa shape index (κ3) is 3.99. The molecule has 0 bridgehead atoms. The number of aromatic nitrogens is 3. The highest BCUT2D eigenvalue weighted by atomic mass is 19.4. The van der Waals surface area contributed by atoms with Crippen LogP contribution in [0.1, 0.15) is 24.4 Å². The second kappa shape index (κ2) is 7.42. The molecule has 2 heterocycles. The monoisotopic (exact) mass is 410 g/mol. The van der Waals surface area contributed by atoms with E-state index in [-0.39, 0.29) is 29.6 Å². The number of alkyl halides is 3. The molecule has 7 nitrogen and oxygen atoms in total. The second-order valence-electron chi connectivity index (χ2n) is 7.84. The molecule has 0 spiro atoms. The van der Waals surface area contributed by atoms with Crippen LogP contribution < -0.4 is 0 Å². The Labute approximate surface area is 164 Å². The van der Waals surface area contributed by atoms with E-state index in [0.717, 1.165) is 6.07 Å². The van der Waals surface area contributed by atoms with Gasteiger partial charge in [-0.3, -0.25) is 9.69 Å². The Morgan fingerprint density at radius 3 is 2.55 bits per heavy atom. The van der Waals surface area contributed by atoms with E-state index in [1.165, 1.54) is 29.1 Å². The summed E-state index contributed by atoms with van der Waals surface area (Å²) >= 11 is 0. The van der Waals surface area contributed by atoms with Crippen LogP contribution in [0.2, 0.25) is 0 Å². The summed E-state index contributed by atoms with van der Waals surface area (Å²) in [4.78, 5) is 12.8. The predicted molar refractivity (Wildman–Crippen MR) is 95.8 cm³/mol. The zero-order valence-electron chi connectivity index (χ0n) is 15.5. The van der Waals surface area contributed by atoms with Gasteiger partial charge in [0, 0.05) is 18.7 Å². The van der Waals surface area contributed by atoms with Gasteiger partial charge in [-0.2, -0.15) is 13.2 Å². The lowest BCUT2D eigenvalue weighted by Gasteiger charge is -2.35. The van der Waals surface area contributed by atoms with E-state index in [9.17, 15) is 23.1 Å². The number of halogens is 3. The normalized spacial score (nSPS) is 27.7. The summed E-state index contributed by atoms with van der Waals surface area (Å²) in [7, 11) is 0. The van der Waals surface area contributed by atoms with Gasteiger partial charge in [-0.15, -0.1) is 5.10 Å². The van der Waals surface area contributed by atoms with Crippen LogP contribution in [-0.4, -0.2) is 61.8 Å². The van der Waals surface area contributed by atoms with E-state index in [1.54, 1.807) is 0 Å². The molecule has 1 aliphatic carbocycles. The first kappa shape index (κ1) is 19.8. The van der Waals surface area contributed by atoms with Crippen LogP contribution in [0.5, 0.6) is 0 Å². The maximum Gasteiger partial charge on any atom is 0.417 e. The molecule has 0 unspecified atom stereocenters. The predicted octanol–water partition coefficient (Wildman–Crippen LogP) is 2.29. The van der Waals surface area contributed by atoms with E-state index in [0.29, 0.717) is 25.9 Å². The van der Waals surface area contributed by atoms with Crippen LogP contribution in [-0.2, 0) is 11.0 Å². The minimum absolute atomic E-state index is 0.0323. The van der Waals surface area contributed by atoms with Crippen LogP contribution >= 0.6 is 0 Å². The number of aliphatic carboxylic acids is 1. The first-order chi connectivity index (χ1) is 13.7. The topological polar surface area (TPSA) is 91.5 Å². The van der Waals surface area contributed by atoms with Gasteiger partial charge in [0.2, 0.25) is 0 Å². The lowest BCUT2D eigenvalue weighted by Crippen LogP contribution is -2.36. The fourth-order valence-corrected chi connectivity index (χ4v) is 4.63. The lowest BCUT2D eigenvalue weighted by atomic mass is 9.77. The molecule has 4 rings (SSSR count). The molecule has 1 saturated heterocycles. The van der Waals surface area contributed by atoms with Crippen molar-refractivity contribution in [2.24, 2.45) is 11.8 Å². The molecule has 4 atom stereocenters. The number of hydrogen-bond acceptors (Lipinski definition) is 5. The van der Waals surface area contributed by atoms with Crippen molar-refractivity contribution in [1.82, 2.24) is 19.9 Å². The number of rotatable bonds is 4. The van der Waals surface area contributed by atoms with Gasteiger partial charge in [0.1, 0.15) is 5.69 Å². The number of carboxylic acid groups (broad SMARTS) is 1. The van der Waals surface area contributed by atoms with Crippen LogP contribution in [0.25, 0.3) is 11.3 Å². The molecule has 1 aromatic carbocycles. The summed E-state index contributed by atoms with van der Waals surface area (Å²) in [6.07, 6.45) is -2.70. The average molecular weight is 410 g/mol. The lowest BCUT2D eigenvalue weighted by molar-refractivity contribution is -0.138. The van der Waals surface area contributed by atoms with E-state index in [2.05, 4.69) is 10.3 Å². The molecule has 10 heteroatoms. The molecule has 1 aromatic heterocycles. The fraction of sp³-hybridized carbons (Fsp3) is 0.526. The van der Waals surface area contributed by atoms with Crippen molar-refractivity contribution < 1.29 is 28.2 Å². The summed E-state index contributed by atoms with van der Waals surface area (Å²) in [5, 5.41) is 27.5. The Morgan fingerprint density at radius 1 is 1.17 bits per heavy atom. The highest BCUT2D eigenvalue weighted by Crippen LogP contribution is 2.42. The molecule has 2 fully saturated rings. The van der Waals surface area contributed by atoms with Crippen molar-refractivity contribution in [3.8, 4) is 11.3 Å². The van der Waals surface area contributed by atoms with E-state index < -0.39 is 29.9 Å². The number of nitrogens with zero attached hydrogens (tertiary/aromatic N) is 4. The number of benzene rings is 1. The largest absolute Gasteiger partial charge is 0.480 e. The zero-order chi connectivity index (χ0) is 20.8. The Balaban J connectivity index is 1.54. The van der Waals surface area contributed by atoms with Gasteiger partial charge in [-0.05, 0) is 30.7 Å². The van der Waals surface area contributed by atoms with Crippen molar-refractivity contribution in [3.05, 3.63) is 36.0 Å². The van der Waals surface area contributed by atoms with Crippen molar-refractivity contribution in [2.75, 3.05) is 19.6 Å². The van der Waals surface area contributed by atoms with Gasteiger partial charge in [0.05, 0.1) is 30.5 Å². The fourth-order valence-electron chi connectivity index (χ4n) is 4.63. The number of carbonyl (C=O) groups is 1. The van der Waals surface area contributed by atoms with Crippen LogP contribution in [0, 0.1) is 11.8 Å². The summed E-state index contributed by atoms with van der Waals surface area (Å²) in [6.45, 7) is 1.22. The Bertz CT molecular complexity index is 901. The second-order valence-corrected chi connectivity index (χ2v) is 7.84. The van der Waals surface area contributed by atoms with Crippen molar-refractivity contribution in [1.29, 1.82) is 0 Å². The van der Waals surface area contributed by atoms with E-state index in [4.69, 9.17) is 5.11 Å². The van der Waals surface area contributed by atoms with Gasteiger partial charge in [-0.1, -0.05) is 23.4 Å². The first-order valence-electron chi connectivity index (χ1n) is 9.43. The maximum absolute atomic E-state index is 13.3. The Hall–Kier alpha value is -2.46. The molecule has 0 radical (unpaired) electrons. The van der Waals surface area contributed by atoms with Gasteiger partial charge >= 0.3 is 12.1 Å².